The summed E-state index contributed by atoms with van der Waals surface area (Å²) in [7, 11) is 0. The Balaban J connectivity index is 2.13. The van der Waals surface area contributed by atoms with E-state index in [-0.39, 0.29) is 12.5 Å². The monoisotopic (exact) mass is 277 g/mol. The molecule has 1 aromatic carbocycles. The topological polar surface area (TPSA) is 64.6 Å². The van der Waals surface area contributed by atoms with Crippen molar-refractivity contribution >= 4 is 17.3 Å². The Morgan fingerprint density at radius 3 is 2.70 bits per heavy atom. The van der Waals surface area contributed by atoms with Crippen molar-refractivity contribution in [2.45, 2.75) is 19.8 Å². The molecule has 5 heteroatoms. The van der Waals surface area contributed by atoms with Gasteiger partial charge in [0.15, 0.2) is 0 Å². The first-order chi connectivity index (χ1) is 9.76. The molecule has 1 aliphatic rings. The number of hydrogen-bond donors (Lipinski definition) is 3. The molecule has 20 heavy (non-hydrogen) atoms. The fourth-order valence-corrected chi connectivity index (χ4v) is 2.34. The molecule has 5 nitrogen and oxygen atoms in total. The lowest BCUT2D eigenvalue weighted by molar-refractivity contribution is 0.0719. The highest BCUT2D eigenvalue weighted by Crippen LogP contribution is 2.25. The Bertz CT molecular complexity index is 462. The first kappa shape index (κ1) is 14.7. The largest absolute Gasteiger partial charge is 0.395 e. The first-order valence-electron chi connectivity index (χ1n) is 7.28. The van der Waals surface area contributed by atoms with Crippen LogP contribution in [0.1, 0.15) is 30.1 Å². The van der Waals surface area contributed by atoms with Crippen LogP contribution in [-0.4, -0.2) is 48.7 Å². The van der Waals surface area contributed by atoms with Gasteiger partial charge in [0.05, 0.1) is 18.0 Å². The number of nitrogens with zero attached hydrogens (tertiary/aromatic N) is 1. The van der Waals surface area contributed by atoms with Crippen molar-refractivity contribution in [1.82, 2.24) is 4.90 Å². The van der Waals surface area contributed by atoms with Gasteiger partial charge in [-0.3, -0.25) is 4.79 Å². The number of fused-ring (bicyclic) bond motifs is 1. The molecule has 0 atom stereocenters. The number of rotatable bonds is 6. The van der Waals surface area contributed by atoms with Gasteiger partial charge >= 0.3 is 0 Å². The number of nitrogens with one attached hydrogen (secondary N) is 2. The zero-order chi connectivity index (χ0) is 14.4. The van der Waals surface area contributed by atoms with Crippen LogP contribution >= 0.6 is 0 Å². The molecule has 0 aromatic heterocycles. The second kappa shape index (κ2) is 7.14. The summed E-state index contributed by atoms with van der Waals surface area (Å²) in [5.41, 5.74) is 2.68. The molecular formula is C15H23N3O2. The van der Waals surface area contributed by atoms with Crippen LogP contribution in [0.15, 0.2) is 18.2 Å². The molecule has 3 N–H and O–H groups in total. The van der Waals surface area contributed by atoms with Crippen LogP contribution in [0.3, 0.4) is 0 Å². The second-order valence-corrected chi connectivity index (χ2v) is 4.98. The normalized spacial score (nSPS) is 13.1. The van der Waals surface area contributed by atoms with E-state index in [0.717, 1.165) is 37.3 Å². The second-order valence-electron chi connectivity index (χ2n) is 4.98. The number of carbonyl (C=O) groups is 1. The van der Waals surface area contributed by atoms with Gasteiger partial charge in [-0.25, -0.2) is 0 Å². The summed E-state index contributed by atoms with van der Waals surface area (Å²) in [5, 5.41) is 15.7. The van der Waals surface area contributed by atoms with Crippen molar-refractivity contribution in [3.8, 4) is 0 Å². The third kappa shape index (κ3) is 3.42. The van der Waals surface area contributed by atoms with Gasteiger partial charge in [0.1, 0.15) is 0 Å². The molecule has 0 saturated carbocycles. The van der Waals surface area contributed by atoms with E-state index >= 15 is 0 Å². The molecular weight excluding hydrogens is 254 g/mol. The van der Waals surface area contributed by atoms with E-state index in [2.05, 4.69) is 17.6 Å². The van der Waals surface area contributed by atoms with Crippen LogP contribution in [0.25, 0.3) is 0 Å². The maximum absolute atomic E-state index is 12.5. The number of unbranched alkanes of at least 4 members (excludes halogenated alkanes) is 1. The van der Waals surface area contributed by atoms with Crippen molar-refractivity contribution in [2.24, 2.45) is 0 Å². The summed E-state index contributed by atoms with van der Waals surface area (Å²) in [6, 6.07) is 5.67. The molecule has 0 spiro atoms. The van der Waals surface area contributed by atoms with E-state index in [4.69, 9.17) is 5.11 Å². The van der Waals surface area contributed by atoms with Crippen LogP contribution < -0.4 is 10.6 Å². The van der Waals surface area contributed by atoms with Gasteiger partial charge in [0.2, 0.25) is 0 Å². The fourth-order valence-electron chi connectivity index (χ4n) is 2.34. The van der Waals surface area contributed by atoms with Gasteiger partial charge in [0.25, 0.3) is 5.91 Å². The summed E-state index contributed by atoms with van der Waals surface area (Å²) in [6.45, 7) is 4.94. The molecule has 110 valence electrons. The number of benzene rings is 1. The van der Waals surface area contributed by atoms with E-state index in [9.17, 15) is 4.79 Å². The molecule has 0 fully saturated rings. The van der Waals surface area contributed by atoms with E-state index in [0.29, 0.717) is 18.7 Å². The zero-order valence-electron chi connectivity index (χ0n) is 12.0. The minimum atomic E-state index is -0.0114. The van der Waals surface area contributed by atoms with Crippen molar-refractivity contribution in [1.29, 1.82) is 0 Å². The van der Waals surface area contributed by atoms with E-state index in [1.165, 1.54) is 0 Å². The molecule has 0 saturated heterocycles. The molecule has 0 radical (unpaired) electrons. The Morgan fingerprint density at radius 2 is 2.00 bits per heavy atom. The smallest absolute Gasteiger partial charge is 0.254 e. The third-order valence-corrected chi connectivity index (χ3v) is 3.46. The minimum absolute atomic E-state index is 0.000199. The van der Waals surface area contributed by atoms with Gasteiger partial charge in [-0.2, -0.15) is 0 Å². The van der Waals surface area contributed by atoms with Crippen LogP contribution in [0, 0.1) is 0 Å². The van der Waals surface area contributed by atoms with E-state index in [1.807, 2.05) is 18.2 Å². The molecule has 0 bridgehead atoms. The van der Waals surface area contributed by atoms with Crippen molar-refractivity contribution in [3.63, 3.8) is 0 Å². The first-order valence-corrected chi connectivity index (χ1v) is 7.28. The summed E-state index contributed by atoms with van der Waals surface area (Å²) < 4.78 is 0. The van der Waals surface area contributed by atoms with Crippen molar-refractivity contribution < 1.29 is 9.90 Å². The van der Waals surface area contributed by atoms with Gasteiger partial charge in [-0.05, 0) is 24.6 Å². The number of carbonyl (C=O) groups excluding carboxylic acids is 1. The van der Waals surface area contributed by atoms with Gasteiger partial charge in [-0.15, -0.1) is 0 Å². The Morgan fingerprint density at radius 1 is 1.25 bits per heavy atom. The maximum atomic E-state index is 12.5. The fraction of sp³-hybridized carbons (Fsp3) is 0.533. The van der Waals surface area contributed by atoms with Crippen LogP contribution in [-0.2, 0) is 0 Å². The van der Waals surface area contributed by atoms with E-state index < -0.39 is 0 Å². The Hall–Kier alpha value is -1.75. The average molecular weight is 277 g/mol. The average Bonchev–Trinajstić information content (AvgIpc) is 2.50. The molecule has 1 aliphatic heterocycles. The lowest BCUT2D eigenvalue weighted by Crippen LogP contribution is -2.34. The van der Waals surface area contributed by atoms with Crippen LogP contribution in [0.5, 0.6) is 0 Å². The van der Waals surface area contributed by atoms with Gasteiger partial charge in [0, 0.05) is 31.7 Å². The van der Waals surface area contributed by atoms with E-state index in [1.54, 1.807) is 4.90 Å². The van der Waals surface area contributed by atoms with Gasteiger partial charge in [-0.1, -0.05) is 13.3 Å². The molecule has 2 rings (SSSR count). The molecule has 1 aromatic rings. The Labute approximate surface area is 120 Å². The molecule has 1 amide bonds. The maximum Gasteiger partial charge on any atom is 0.254 e. The van der Waals surface area contributed by atoms with Crippen molar-refractivity contribution in [3.05, 3.63) is 23.8 Å². The number of anilines is 2. The minimum Gasteiger partial charge on any atom is -0.395 e. The Kier molecular flexibility index (Phi) is 5.24. The van der Waals surface area contributed by atoms with Gasteiger partial charge < -0.3 is 20.6 Å². The summed E-state index contributed by atoms with van der Waals surface area (Å²) in [5.74, 6) is -0.0114. The lowest BCUT2D eigenvalue weighted by atomic mass is 10.1. The lowest BCUT2D eigenvalue weighted by Gasteiger charge is -2.24. The molecule has 0 unspecified atom stereocenters. The third-order valence-electron chi connectivity index (χ3n) is 3.46. The number of aliphatic hydroxyl groups is 1. The highest BCUT2D eigenvalue weighted by molar-refractivity contribution is 5.96. The highest BCUT2D eigenvalue weighted by atomic mass is 16.3. The highest BCUT2D eigenvalue weighted by Gasteiger charge is 2.17. The number of amides is 1. The molecule has 1 heterocycles. The molecule has 0 aliphatic carbocycles. The SMILES string of the molecule is CCCCN(CCO)C(=O)c1ccc2c(c1)NCCN2. The predicted molar refractivity (Wildman–Crippen MR) is 81.3 cm³/mol. The predicted octanol–water partition coefficient (Wildman–Crippen LogP) is 1.76. The van der Waals surface area contributed by atoms with Crippen LogP contribution in [0.2, 0.25) is 0 Å². The quantitative estimate of drug-likeness (QED) is 0.741. The van der Waals surface area contributed by atoms with Crippen LogP contribution in [0.4, 0.5) is 11.4 Å². The summed E-state index contributed by atoms with van der Waals surface area (Å²) in [4.78, 5) is 14.2. The van der Waals surface area contributed by atoms with Crippen molar-refractivity contribution in [2.75, 3.05) is 43.4 Å². The number of aliphatic hydroxyl groups excluding tert-OH is 1. The summed E-state index contributed by atoms with van der Waals surface area (Å²) >= 11 is 0. The zero-order valence-corrected chi connectivity index (χ0v) is 12.0. The standard InChI is InChI=1S/C15H23N3O2/c1-2-3-8-18(9-10-19)15(20)12-4-5-13-14(11-12)17-7-6-16-13/h4-5,11,16-17,19H,2-3,6-10H2,1H3. The number of hydrogen-bond acceptors (Lipinski definition) is 4. The summed E-state index contributed by atoms with van der Waals surface area (Å²) in [6.07, 6.45) is 1.99.